The van der Waals surface area contributed by atoms with Crippen molar-refractivity contribution >= 4 is 25.1 Å². The van der Waals surface area contributed by atoms with Crippen LogP contribution in [0.25, 0.3) is 6.08 Å². The number of hydrogen-bond donors (Lipinski definition) is 0. The fourth-order valence-electron chi connectivity index (χ4n) is 1.93. The van der Waals surface area contributed by atoms with Crippen molar-refractivity contribution in [2.24, 2.45) is 11.8 Å². The van der Waals surface area contributed by atoms with E-state index in [1.807, 2.05) is 27.7 Å². The molecule has 0 bridgehead atoms. The van der Waals surface area contributed by atoms with Gasteiger partial charge in [0.2, 0.25) is 0 Å². The van der Waals surface area contributed by atoms with Gasteiger partial charge in [0, 0.05) is 12.1 Å². The van der Waals surface area contributed by atoms with Crippen LogP contribution in [0.3, 0.4) is 0 Å². The topological polar surface area (TPSA) is 95.7 Å². The molecule has 144 valence electrons. The van der Waals surface area contributed by atoms with E-state index in [1.165, 1.54) is 31.2 Å². The predicted octanol–water partition coefficient (Wildman–Crippen LogP) is 5.06. The molecule has 0 amide bonds. The number of nitro groups is 1. The highest BCUT2D eigenvalue weighted by Gasteiger charge is 2.34. The normalized spacial score (nSPS) is 12.7. The first-order chi connectivity index (χ1) is 12.0. The van der Waals surface area contributed by atoms with Gasteiger partial charge in [-0.15, -0.1) is 0 Å². The zero-order valence-corrected chi connectivity index (χ0v) is 16.7. The Labute approximate surface area is 154 Å². The average molecular weight is 383 g/mol. The Kier molecular flexibility index (Phi) is 8.34. The number of nitro benzene ring substituents is 1. The zero-order chi connectivity index (χ0) is 19.9. The second kappa shape index (κ2) is 9.76. The monoisotopic (exact) mass is 383 g/mol. The Bertz CT molecular complexity index is 710. The molecule has 1 rings (SSSR count). The summed E-state index contributed by atoms with van der Waals surface area (Å²) in [6.45, 7) is 9.17. The summed E-state index contributed by atoms with van der Waals surface area (Å²) in [6.07, 6.45) is 1.34. The van der Waals surface area contributed by atoms with Gasteiger partial charge < -0.3 is 9.05 Å². The number of allylic oxidation sites excluding steroid dienone is 1. The van der Waals surface area contributed by atoms with E-state index in [0.29, 0.717) is 5.56 Å². The summed E-state index contributed by atoms with van der Waals surface area (Å²) in [5, 5.41) is 10.8. The van der Waals surface area contributed by atoms with Crippen molar-refractivity contribution in [1.29, 1.82) is 0 Å². The molecule has 26 heavy (non-hydrogen) atoms. The van der Waals surface area contributed by atoms with E-state index in [-0.39, 0.29) is 36.1 Å². The minimum absolute atomic E-state index is 0.0944. The van der Waals surface area contributed by atoms with Gasteiger partial charge in [-0.3, -0.25) is 19.5 Å². The van der Waals surface area contributed by atoms with E-state index in [4.69, 9.17) is 9.05 Å². The van der Waals surface area contributed by atoms with Crippen molar-refractivity contribution in [3.05, 3.63) is 45.3 Å². The lowest BCUT2D eigenvalue weighted by Crippen LogP contribution is -2.11. The summed E-state index contributed by atoms with van der Waals surface area (Å²) in [4.78, 5) is 22.6. The molecule has 1 aromatic carbocycles. The molecule has 7 nitrogen and oxygen atoms in total. The standard InChI is InChI=1S/C18H26NO6P/c1-13(2)11-24-26(23,25-12-14(3)4)18(15(5)20)10-16-7-6-8-17(9-16)19(21)22/h6-10,13-14H,11-12H2,1-5H3/b18-10+. The fourth-order valence-corrected chi connectivity index (χ4v) is 3.96. The number of carbonyl (C=O) groups is 1. The lowest BCUT2D eigenvalue weighted by molar-refractivity contribution is -0.384. The molecular formula is C18H26NO6P. The average Bonchev–Trinajstić information content (AvgIpc) is 2.56. The fraction of sp³-hybridized carbons (Fsp3) is 0.500. The maximum Gasteiger partial charge on any atom is 0.364 e. The van der Waals surface area contributed by atoms with Crippen LogP contribution in [0.1, 0.15) is 40.2 Å². The van der Waals surface area contributed by atoms with Crippen LogP contribution in [0, 0.1) is 22.0 Å². The van der Waals surface area contributed by atoms with E-state index < -0.39 is 18.3 Å². The third kappa shape index (κ3) is 6.83. The Balaban J connectivity index is 3.34. The van der Waals surface area contributed by atoms with Crippen molar-refractivity contribution in [1.82, 2.24) is 0 Å². The Morgan fingerprint density at radius 2 is 1.73 bits per heavy atom. The van der Waals surface area contributed by atoms with Crippen molar-refractivity contribution in [3.8, 4) is 0 Å². The summed E-state index contributed by atoms with van der Waals surface area (Å²) in [5.74, 6) is -0.277. The van der Waals surface area contributed by atoms with Gasteiger partial charge in [-0.05, 0) is 30.4 Å². The SMILES string of the molecule is CC(=O)/C(=C\c1cccc([N+](=O)[O-])c1)P(=O)(OCC(C)C)OCC(C)C. The molecule has 0 unspecified atom stereocenters. The van der Waals surface area contributed by atoms with Crippen molar-refractivity contribution in [2.45, 2.75) is 34.6 Å². The molecule has 0 N–H and O–H groups in total. The van der Waals surface area contributed by atoms with E-state index in [9.17, 15) is 19.5 Å². The molecule has 1 aromatic rings. The molecule has 0 aliphatic rings. The molecule has 0 atom stereocenters. The first-order valence-corrected chi connectivity index (χ1v) is 9.96. The van der Waals surface area contributed by atoms with E-state index in [0.717, 1.165) is 0 Å². The van der Waals surface area contributed by atoms with Gasteiger partial charge in [0.15, 0.2) is 5.78 Å². The van der Waals surface area contributed by atoms with Gasteiger partial charge in [0.1, 0.15) is 5.31 Å². The van der Waals surface area contributed by atoms with Gasteiger partial charge in [0.25, 0.3) is 5.69 Å². The minimum atomic E-state index is -3.86. The second-order valence-corrected chi connectivity index (χ2v) is 8.81. The molecule has 0 spiro atoms. The van der Waals surface area contributed by atoms with Crippen molar-refractivity contribution in [3.63, 3.8) is 0 Å². The van der Waals surface area contributed by atoms with E-state index in [1.54, 1.807) is 6.07 Å². The summed E-state index contributed by atoms with van der Waals surface area (Å²) in [5.41, 5.74) is 0.258. The van der Waals surface area contributed by atoms with Crippen LogP contribution in [0.5, 0.6) is 0 Å². The second-order valence-electron chi connectivity index (χ2n) is 6.81. The Morgan fingerprint density at radius 1 is 1.19 bits per heavy atom. The van der Waals surface area contributed by atoms with Crippen LogP contribution in [-0.2, 0) is 18.4 Å². The van der Waals surface area contributed by atoms with Gasteiger partial charge in [-0.25, -0.2) is 0 Å². The minimum Gasteiger partial charge on any atom is -0.305 e. The van der Waals surface area contributed by atoms with Gasteiger partial charge in [-0.1, -0.05) is 39.8 Å². The highest BCUT2D eigenvalue weighted by atomic mass is 31.2. The molecule has 0 aliphatic carbocycles. The molecule has 0 radical (unpaired) electrons. The highest BCUT2D eigenvalue weighted by molar-refractivity contribution is 7.60. The molecule has 0 heterocycles. The van der Waals surface area contributed by atoms with Crippen LogP contribution in [0.2, 0.25) is 0 Å². The van der Waals surface area contributed by atoms with Crippen LogP contribution in [0.4, 0.5) is 5.69 Å². The van der Waals surface area contributed by atoms with Crippen LogP contribution in [-0.4, -0.2) is 23.9 Å². The first kappa shape index (κ1) is 22.2. The lowest BCUT2D eigenvalue weighted by atomic mass is 10.2. The smallest absolute Gasteiger partial charge is 0.305 e. The largest absolute Gasteiger partial charge is 0.364 e. The number of nitrogens with zero attached hydrogens (tertiary/aromatic N) is 1. The first-order valence-electron chi connectivity index (χ1n) is 8.42. The Hall–Kier alpha value is -1.82. The number of rotatable bonds is 10. The van der Waals surface area contributed by atoms with Crippen LogP contribution in [0.15, 0.2) is 29.6 Å². The predicted molar refractivity (Wildman–Crippen MR) is 101 cm³/mol. The third-order valence-corrected chi connectivity index (χ3v) is 5.21. The maximum absolute atomic E-state index is 13.3. The summed E-state index contributed by atoms with van der Waals surface area (Å²) < 4.78 is 24.4. The number of ketones is 1. The summed E-state index contributed by atoms with van der Waals surface area (Å²) in [6, 6.07) is 5.73. The number of Topliss-reactive ketones (excluding diaryl/α,β-unsaturated/α-hetero) is 1. The van der Waals surface area contributed by atoms with Gasteiger partial charge >= 0.3 is 7.60 Å². The number of carbonyl (C=O) groups excluding carboxylic acids is 1. The molecule has 0 aliphatic heterocycles. The molecule has 0 saturated carbocycles. The van der Waals surface area contributed by atoms with Gasteiger partial charge in [0.05, 0.1) is 18.1 Å². The van der Waals surface area contributed by atoms with E-state index >= 15 is 0 Å². The molecule has 0 saturated heterocycles. The molecule has 8 heteroatoms. The van der Waals surface area contributed by atoms with Crippen molar-refractivity contribution < 1.29 is 23.3 Å². The van der Waals surface area contributed by atoms with Crippen molar-refractivity contribution in [2.75, 3.05) is 13.2 Å². The van der Waals surface area contributed by atoms with E-state index in [2.05, 4.69) is 0 Å². The van der Waals surface area contributed by atoms with Gasteiger partial charge in [-0.2, -0.15) is 0 Å². The number of non-ortho nitro benzene ring substituents is 1. The molecular weight excluding hydrogens is 357 g/mol. The summed E-state index contributed by atoms with van der Waals surface area (Å²) in [7, 11) is -3.86. The maximum atomic E-state index is 13.3. The van der Waals surface area contributed by atoms with Crippen LogP contribution >= 0.6 is 7.60 Å². The third-order valence-electron chi connectivity index (χ3n) is 3.20. The lowest BCUT2D eigenvalue weighted by Gasteiger charge is -2.22. The molecule has 0 fully saturated rings. The Morgan fingerprint density at radius 3 is 2.15 bits per heavy atom. The number of hydrogen-bond acceptors (Lipinski definition) is 6. The zero-order valence-electron chi connectivity index (χ0n) is 15.8. The quantitative estimate of drug-likeness (QED) is 0.242. The highest BCUT2D eigenvalue weighted by Crippen LogP contribution is 2.57. The number of benzene rings is 1. The van der Waals surface area contributed by atoms with Crippen LogP contribution < -0.4 is 0 Å². The molecule has 0 aromatic heterocycles. The summed E-state index contributed by atoms with van der Waals surface area (Å²) >= 11 is 0.